The SMILES string of the molecule is C=C1CCCCCN1/C(=C\C)c1ccc(Br)cc1. The van der Waals surface area contributed by atoms with Crippen molar-refractivity contribution in [2.75, 3.05) is 6.54 Å². The van der Waals surface area contributed by atoms with Crippen molar-refractivity contribution in [1.82, 2.24) is 4.90 Å². The number of rotatable bonds is 2. The van der Waals surface area contributed by atoms with E-state index in [1.165, 1.54) is 36.2 Å². The van der Waals surface area contributed by atoms with Gasteiger partial charge in [-0.15, -0.1) is 0 Å². The first kappa shape index (κ1) is 13.4. The number of nitrogens with zero attached hydrogens (tertiary/aromatic N) is 1. The number of hydrogen-bond acceptors (Lipinski definition) is 1. The monoisotopic (exact) mass is 305 g/mol. The highest BCUT2D eigenvalue weighted by Crippen LogP contribution is 2.29. The highest BCUT2D eigenvalue weighted by molar-refractivity contribution is 9.10. The molecule has 0 unspecified atom stereocenters. The smallest absolute Gasteiger partial charge is 0.0438 e. The van der Waals surface area contributed by atoms with Crippen LogP contribution in [-0.4, -0.2) is 11.4 Å². The molecule has 0 N–H and O–H groups in total. The van der Waals surface area contributed by atoms with E-state index in [0.29, 0.717) is 0 Å². The fourth-order valence-corrected chi connectivity index (χ4v) is 2.72. The Labute approximate surface area is 118 Å². The van der Waals surface area contributed by atoms with Gasteiger partial charge in [-0.2, -0.15) is 0 Å². The molecule has 0 saturated carbocycles. The van der Waals surface area contributed by atoms with E-state index >= 15 is 0 Å². The van der Waals surface area contributed by atoms with Gasteiger partial charge in [-0.25, -0.2) is 0 Å². The topological polar surface area (TPSA) is 3.24 Å². The first-order valence-corrected chi connectivity index (χ1v) is 7.39. The maximum absolute atomic E-state index is 4.24. The molecule has 1 fully saturated rings. The van der Waals surface area contributed by atoms with E-state index in [1.807, 2.05) is 0 Å². The third-order valence-electron chi connectivity index (χ3n) is 3.43. The van der Waals surface area contributed by atoms with E-state index in [0.717, 1.165) is 17.4 Å². The average Bonchev–Trinajstić information content (AvgIpc) is 2.58. The quantitative estimate of drug-likeness (QED) is 0.726. The average molecular weight is 306 g/mol. The van der Waals surface area contributed by atoms with Gasteiger partial charge in [0, 0.05) is 22.4 Å². The van der Waals surface area contributed by atoms with Crippen LogP contribution in [0.1, 0.15) is 38.2 Å². The summed E-state index contributed by atoms with van der Waals surface area (Å²) in [6.45, 7) is 7.44. The third-order valence-corrected chi connectivity index (χ3v) is 3.96. The lowest BCUT2D eigenvalue weighted by molar-refractivity contribution is 0.486. The Balaban J connectivity index is 2.27. The van der Waals surface area contributed by atoms with Crippen molar-refractivity contribution in [3.8, 4) is 0 Å². The van der Waals surface area contributed by atoms with Crippen LogP contribution < -0.4 is 0 Å². The van der Waals surface area contributed by atoms with Crippen LogP contribution in [0.5, 0.6) is 0 Å². The molecule has 1 aromatic carbocycles. The van der Waals surface area contributed by atoms with Gasteiger partial charge in [-0.3, -0.25) is 0 Å². The van der Waals surface area contributed by atoms with Crippen LogP contribution in [0.25, 0.3) is 5.70 Å². The Morgan fingerprint density at radius 3 is 2.61 bits per heavy atom. The van der Waals surface area contributed by atoms with Crippen molar-refractivity contribution in [3.63, 3.8) is 0 Å². The minimum absolute atomic E-state index is 1.09. The van der Waals surface area contributed by atoms with Crippen LogP contribution in [0.4, 0.5) is 0 Å². The molecule has 18 heavy (non-hydrogen) atoms. The molecule has 2 rings (SSSR count). The fourth-order valence-electron chi connectivity index (χ4n) is 2.46. The van der Waals surface area contributed by atoms with Crippen LogP contribution in [0.15, 0.2) is 47.1 Å². The maximum atomic E-state index is 4.24. The maximum Gasteiger partial charge on any atom is 0.0438 e. The zero-order valence-electron chi connectivity index (χ0n) is 11.0. The molecule has 1 aromatic rings. The summed E-state index contributed by atoms with van der Waals surface area (Å²) in [5.41, 5.74) is 3.81. The molecule has 0 amide bonds. The second-order valence-electron chi connectivity index (χ2n) is 4.71. The minimum atomic E-state index is 1.09. The second-order valence-corrected chi connectivity index (χ2v) is 5.63. The number of allylic oxidation sites excluding steroid dienone is 2. The van der Waals surface area contributed by atoms with Gasteiger partial charge in [0.15, 0.2) is 0 Å². The Hall–Kier alpha value is -1.02. The molecule has 0 aromatic heterocycles. The van der Waals surface area contributed by atoms with Crippen LogP contribution in [-0.2, 0) is 0 Å². The molecule has 0 aliphatic carbocycles. The van der Waals surface area contributed by atoms with E-state index in [4.69, 9.17) is 0 Å². The molecule has 1 aliphatic rings. The molecule has 1 saturated heterocycles. The third kappa shape index (κ3) is 3.05. The van der Waals surface area contributed by atoms with E-state index in [2.05, 4.69) is 64.7 Å². The molecule has 96 valence electrons. The highest BCUT2D eigenvalue weighted by Gasteiger charge is 2.16. The zero-order chi connectivity index (χ0) is 13.0. The number of hydrogen-bond donors (Lipinski definition) is 0. The van der Waals surface area contributed by atoms with E-state index in [9.17, 15) is 0 Å². The van der Waals surface area contributed by atoms with Crippen LogP contribution in [0.3, 0.4) is 0 Å². The first-order chi connectivity index (χ1) is 8.72. The van der Waals surface area contributed by atoms with Gasteiger partial charge >= 0.3 is 0 Å². The van der Waals surface area contributed by atoms with Crippen molar-refractivity contribution in [3.05, 3.63) is 52.7 Å². The molecule has 2 heteroatoms. The van der Waals surface area contributed by atoms with E-state index in [1.54, 1.807) is 0 Å². The predicted molar refractivity (Wildman–Crippen MR) is 82.1 cm³/mol. The van der Waals surface area contributed by atoms with Crippen molar-refractivity contribution < 1.29 is 0 Å². The summed E-state index contributed by atoms with van der Waals surface area (Å²) in [6, 6.07) is 8.52. The summed E-state index contributed by atoms with van der Waals surface area (Å²) in [7, 11) is 0. The summed E-state index contributed by atoms with van der Waals surface area (Å²) >= 11 is 3.49. The largest absolute Gasteiger partial charge is 0.345 e. The fraction of sp³-hybridized carbons (Fsp3) is 0.375. The summed E-state index contributed by atoms with van der Waals surface area (Å²) in [5.74, 6) is 0. The van der Waals surface area contributed by atoms with Crippen LogP contribution in [0, 0.1) is 0 Å². The standard InChI is InChI=1S/C16H20BrN/c1-3-16(14-8-10-15(17)11-9-14)18-12-6-4-5-7-13(18)2/h3,8-11H,2,4-7,12H2,1H3/b16-3-. The van der Waals surface area contributed by atoms with Crippen LogP contribution >= 0.6 is 15.9 Å². The number of halogens is 1. The Morgan fingerprint density at radius 1 is 1.22 bits per heavy atom. The van der Waals surface area contributed by atoms with Gasteiger partial charge in [0.1, 0.15) is 0 Å². The molecular weight excluding hydrogens is 286 g/mol. The van der Waals surface area contributed by atoms with E-state index < -0.39 is 0 Å². The van der Waals surface area contributed by atoms with Crippen molar-refractivity contribution in [1.29, 1.82) is 0 Å². The van der Waals surface area contributed by atoms with E-state index in [-0.39, 0.29) is 0 Å². The summed E-state index contributed by atoms with van der Waals surface area (Å²) in [5, 5.41) is 0. The van der Waals surface area contributed by atoms with Crippen molar-refractivity contribution in [2.45, 2.75) is 32.6 Å². The summed E-state index contributed by atoms with van der Waals surface area (Å²) < 4.78 is 1.12. The summed E-state index contributed by atoms with van der Waals surface area (Å²) in [4.78, 5) is 2.39. The molecule has 1 heterocycles. The molecular formula is C16H20BrN. The predicted octanol–water partition coefficient (Wildman–Crippen LogP) is 5.20. The van der Waals surface area contributed by atoms with Gasteiger partial charge in [-0.05, 0) is 43.9 Å². The second kappa shape index (κ2) is 6.24. The molecule has 1 aliphatic heterocycles. The Kier molecular flexibility index (Phi) is 4.65. The van der Waals surface area contributed by atoms with Crippen LogP contribution in [0.2, 0.25) is 0 Å². The van der Waals surface area contributed by atoms with Gasteiger partial charge < -0.3 is 4.90 Å². The lowest BCUT2D eigenvalue weighted by atomic mass is 10.1. The Morgan fingerprint density at radius 2 is 1.94 bits per heavy atom. The molecule has 1 nitrogen and oxygen atoms in total. The van der Waals surface area contributed by atoms with Gasteiger partial charge in [-0.1, -0.05) is 47.1 Å². The molecule has 0 radical (unpaired) electrons. The van der Waals surface area contributed by atoms with Crippen molar-refractivity contribution in [2.24, 2.45) is 0 Å². The first-order valence-electron chi connectivity index (χ1n) is 6.60. The van der Waals surface area contributed by atoms with Gasteiger partial charge in [0.05, 0.1) is 0 Å². The lowest BCUT2D eigenvalue weighted by Crippen LogP contribution is -2.20. The number of likely N-dealkylation sites (tertiary alicyclic amines) is 1. The summed E-state index contributed by atoms with van der Waals surface area (Å²) in [6.07, 6.45) is 7.15. The Bertz CT molecular complexity index is 445. The molecule has 0 atom stereocenters. The molecule has 0 bridgehead atoms. The molecule has 0 spiro atoms. The zero-order valence-corrected chi connectivity index (χ0v) is 12.5. The normalized spacial score (nSPS) is 17.8. The lowest BCUT2D eigenvalue weighted by Gasteiger charge is -2.28. The van der Waals surface area contributed by atoms with Gasteiger partial charge in [0.25, 0.3) is 0 Å². The van der Waals surface area contributed by atoms with Crippen molar-refractivity contribution >= 4 is 21.6 Å². The minimum Gasteiger partial charge on any atom is -0.345 e. The highest BCUT2D eigenvalue weighted by atomic mass is 79.9. The number of benzene rings is 1. The van der Waals surface area contributed by atoms with Gasteiger partial charge in [0.2, 0.25) is 0 Å².